The monoisotopic (exact) mass is 303 g/mol. The van der Waals surface area contributed by atoms with Crippen molar-refractivity contribution < 1.29 is 14.2 Å². The molecule has 8 nitrogen and oxygen atoms in total. The SMILES string of the molecule is COCCNc1nncc(NCc2ccc3c(c2)OCO3)n1. The summed E-state index contributed by atoms with van der Waals surface area (Å²) in [4.78, 5) is 4.32. The van der Waals surface area contributed by atoms with Crippen molar-refractivity contribution >= 4 is 11.8 Å². The highest BCUT2D eigenvalue weighted by molar-refractivity contribution is 5.46. The zero-order valence-corrected chi connectivity index (χ0v) is 12.2. The maximum absolute atomic E-state index is 5.36. The molecule has 2 N–H and O–H groups in total. The lowest BCUT2D eigenvalue weighted by molar-refractivity contribution is 0.174. The number of methoxy groups -OCH3 is 1. The Morgan fingerprint density at radius 2 is 2.14 bits per heavy atom. The number of hydrogen-bond donors (Lipinski definition) is 2. The molecule has 1 aliphatic heterocycles. The number of hydrogen-bond acceptors (Lipinski definition) is 8. The molecular weight excluding hydrogens is 286 g/mol. The van der Waals surface area contributed by atoms with Crippen LogP contribution in [-0.2, 0) is 11.3 Å². The average molecular weight is 303 g/mol. The summed E-state index contributed by atoms with van der Waals surface area (Å²) < 4.78 is 15.6. The van der Waals surface area contributed by atoms with E-state index < -0.39 is 0 Å². The molecule has 0 radical (unpaired) electrons. The van der Waals surface area contributed by atoms with Gasteiger partial charge in [0.1, 0.15) is 0 Å². The van der Waals surface area contributed by atoms with Crippen LogP contribution in [0.25, 0.3) is 0 Å². The van der Waals surface area contributed by atoms with E-state index in [4.69, 9.17) is 14.2 Å². The molecule has 2 heterocycles. The molecule has 0 saturated heterocycles. The van der Waals surface area contributed by atoms with Gasteiger partial charge in [-0.05, 0) is 17.7 Å². The predicted octanol–water partition coefficient (Wildman–Crippen LogP) is 1.27. The van der Waals surface area contributed by atoms with Crippen molar-refractivity contribution in [1.29, 1.82) is 0 Å². The van der Waals surface area contributed by atoms with Gasteiger partial charge < -0.3 is 24.8 Å². The number of ether oxygens (including phenoxy) is 3. The number of anilines is 2. The van der Waals surface area contributed by atoms with E-state index in [1.165, 1.54) is 0 Å². The van der Waals surface area contributed by atoms with E-state index >= 15 is 0 Å². The largest absolute Gasteiger partial charge is 0.454 e. The highest BCUT2D eigenvalue weighted by atomic mass is 16.7. The Morgan fingerprint density at radius 1 is 1.23 bits per heavy atom. The summed E-state index contributed by atoms with van der Waals surface area (Å²) in [6.45, 7) is 2.09. The third kappa shape index (κ3) is 3.53. The highest BCUT2D eigenvalue weighted by Gasteiger charge is 2.13. The quantitative estimate of drug-likeness (QED) is 0.739. The standard InChI is InChI=1S/C14H17N5O3/c1-20-5-4-15-14-18-13(8-17-19-14)16-7-10-2-3-11-12(6-10)22-9-21-11/h2-3,6,8H,4-5,7,9H2,1H3,(H2,15,16,18,19). The van der Waals surface area contributed by atoms with Crippen LogP contribution in [0.4, 0.5) is 11.8 Å². The van der Waals surface area contributed by atoms with Crippen molar-refractivity contribution in [3.63, 3.8) is 0 Å². The molecule has 116 valence electrons. The Hall–Kier alpha value is -2.61. The fraction of sp³-hybridized carbons (Fsp3) is 0.357. The van der Waals surface area contributed by atoms with Gasteiger partial charge in [0.05, 0.1) is 12.8 Å². The van der Waals surface area contributed by atoms with Gasteiger partial charge in [0.25, 0.3) is 0 Å². The minimum atomic E-state index is 0.276. The van der Waals surface area contributed by atoms with Crippen LogP contribution in [0.1, 0.15) is 5.56 Å². The molecule has 0 amide bonds. The molecule has 0 fully saturated rings. The molecule has 1 aliphatic rings. The van der Waals surface area contributed by atoms with Crippen LogP contribution in [0.3, 0.4) is 0 Å². The molecule has 1 aromatic heterocycles. The van der Waals surface area contributed by atoms with Gasteiger partial charge in [0.2, 0.25) is 12.7 Å². The van der Waals surface area contributed by atoms with Gasteiger partial charge in [-0.2, -0.15) is 10.1 Å². The van der Waals surface area contributed by atoms with Gasteiger partial charge in [0, 0.05) is 20.2 Å². The van der Waals surface area contributed by atoms with Gasteiger partial charge in [-0.25, -0.2) is 0 Å². The highest BCUT2D eigenvalue weighted by Crippen LogP contribution is 2.32. The van der Waals surface area contributed by atoms with Crippen LogP contribution in [0, 0.1) is 0 Å². The molecule has 0 atom stereocenters. The summed E-state index contributed by atoms with van der Waals surface area (Å²) in [5.41, 5.74) is 1.07. The van der Waals surface area contributed by atoms with Crippen LogP contribution in [0.2, 0.25) is 0 Å². The van der Waals surface area contributed by atoms with E-state index in [0.717, 1.165) is 17.1 Å². The molecule has 0 spiro atoms. The second kappa shape index (κ2) is 6.90. The predicted molar refractivity (Wildman–Crippen MR) is 80.1 cm³/mol. The number of aromatic nitrogens is 3. The molecule has 2 aromatic rings. The van der Waals surface area contributed by atoms with Crippen LogP contribution < -0.4 is 20.1 Å². The topological polar surface area (TPSA) is 90.4 Å². The van der Waals surface area contributed by atoms with E-state index in [-0.39, 0.29) is 6.79 Å². The summed E-state index contributed by atoms with van der Waals surface area (Å²) in [7, 11) is 1.64. The van der Waals surface area contributed by atoms with Crippen LogP contribution in [-0.4, -0.2) is 42.2 Å². The Morgan fingerprint density at radius 3 is 3.05 bits per heavy atom. The number of rotatable bonds is 7. The van der Waals surface area contributed by atoms with Crippen LogP contribution >= 0.6 is 0 Å². The first-order valence-corrected chi connectivity index (χ1v) is 6.90. The zero-order chi connectivity index (χ0) is 15.2. The summed E-state index contributed by atoms with van der Waals surface area (Å²) in [5.74, 6) is 2.65. The van der Waals surface area contributed by atoms with Gasteiger partial charge in [-0.15, -0.1) is 5.10 Å². The molecule has 0 aliphatic carbocycles. The molecule has 8 heteroatoms. The van der Waals surface area contributed by atoms with Gasteiger partial charge >= 0.3 is 0 Å². The maximum Gasteiger partial charge on any atom is 0.244 e. The van der Waals surface area contributed by atoms with Gasteiger partial charge in [-0.1, -0.05) is 6.07 Å². The summed E-state index contributed by atoms with van der Waals surface area (Å²) in [6.07, 6.45) is 1.58. The van der Waals surface area contributed by atoms with E-state index in [1.54, 1.807) is 13.3 Å². The lowest BCUT2D eigenvalue weighted by atomic mass is 10.2. The molecule has 0 unspecified atom stereocenters. The van der Waals surface area contributed by atoms with Crippen LogP contribution in [0.5, 0.6) is 11.5 Å². The smallest absolute Gasteiger partial charge is 0.244 e. The van der Waals surface area contributed by atoms with E-state index in [9.17, 15) is 0 Å². The molecule has 3 rings (SSSR count). The third-order valence-corrected chi connectivity index (χ3v) is 3.06. The normalized spacial score (nSPS) is 12.2. The minimum Gasteiger partial charge on any atom is -0.454 e. The molecular formula is C14H17N5O3. The van der Waals surface area contributed by atoms with Crippen molar-refractivity contribution in [1.82, 2.24) is 15.2 Å². The number of nitrogens with zero attached hydrogens (tertiary/aromatic N) is 3. The van der Waals surface area contributed by atoms with Crippen molar-refractivity contribution in [3.05, 3.63) is 30.0 Å². The Bertz CT molecular complexity index is 638. The van der Waals surface area contributed by atoms with Crippen LogP contribution in [0.15, 0.2) is 24.4 Å². The van der Waals surface area contributed by atoms with Gasteiger partial charge in [-0.3, -0.25) is 0 Å². The van der Waals surface area contributed by atoms with E-state index in [1.807, 2.05) is 18.2 Å². The lowest BCUT2D eigenvalue weighted by Crippen LogP contribution is -2.12. The molecule has 0 saturated carbocycles. The third-order valence-electron chi connectivity index (χ3n) is 3.06. The minimum absolute atomic E-state index is 0.276. The molecule has 1 aromatic carbocycles. The first-order valence-electron chi connectivity index (χ1n) is 6.90. The number of nitrogens with one attached hydrogen (secondary N) is 2. The summed E-state index contributed by atoms with van der Waals surface area (Å²) in [6, 6.07) is 5.82. The fourth-order valence-electron chi connectivity index (χ4n) is 1.97. The van der Waals surface area contributed by atoms with Gasteiger partial charge in [0.15, 0.2) is 17.3 Å². The Labute approximate surface area is 127 Å². The maximum atomic E-state index is 5.36. The average Bonchev–Trinajstić information content (AvgIpc) is 3.01. The van der Waals surface area contributed by atoms with E-state index in [0.29, 0.717) is 31.5 Å². The lowest BCUT2D eigenvalue weighted by Gasteiger charge is -2.08. The second-order valence-corrected chi connectivity index (χ2v) is 4.63. The van der Waals surface area contributed by atoms with Crippen molar-refractivity contribution in [3.8, 4) is 11.5 Å². The van der Waals surface area contributed by atoms with Crippen molar-refractivity contribution in [2.24, 2.45) is 0 Å². The Kier molecular flexibility index (Phi) is 4.50. The number of benzene rings is 1. The fourth-order valence-corrected chi connectivity index (χ4v) is 1.97. The first-order chi connectivity index (χ1) is 10.8. The summed E-state index contributed by atoms with van der Waals surface area (Å²) in [5, 5.41) is 14.1. The first kappa shape index (κ1) is 14.3. The summed E-state index contributed by atoms with van der Waals surface area (Å²) >= 11 is 0. The van der Waals surface area contributed by atoms with Crippen molar-refractivity contribution in [2.75, 3.05) is 37.7 Å². The van der Waals surface area contributed by atoms with Crippen molar-refractivity contribution in [2.45, 2.75) is 6.54 Å². The Balaban J connectivity index is 1.58. The zero-order valence-electron chi connectivity index (χ0n) is 12.2. The van der Waals surface area contributed by atoms with E-state index in [2.05, 4.69) is 25.8 Å². The molecule has 22 heavy (non-hydrogen) atoms. The second-order valence-electron chi connectivity index (χ2n) is 4.63. The molecule has 0 bridgehead atoms. The number of fused-ring (bicyclic) bond motifs is 1.